The van der Waals surface area contributed by atoms with E-state index in [1.807, 2.05) is 4.90 Å². The maximum atomic E-state index is 12.7. The first-order valence-corrected chi connectivity index (χ1v) is 7.02. The quantitative estimate of drug-likeness (QED) is 0.827. The minimum Gasteiger partial charge on any atom is -0.493 e. The van der Waals surface area contributed by atoms with Gasteiger partial charge in [-0.05, 0) is 12.1 Å². The fraction of sp³-hybridized carbons (Fsp3) is 0.533. The monoisotopic (exact) mass is 295 g/mol. The number of nitrogens with one attached hydrogen (secondary N) is 1. The normalized spacial score (nSPS) is 15.7. The van der Waals surface area contributed by atoms with Crippen LogP contribution in [0.25, 0.3) is 0 Å². The van der Waals surface area contributed by atoms with Crippen LogP contribution in [0.4, 0.5) is 0 Å². The molecule has 21 heavy (non-hydrogen) atoms. The van der Waals surface area contributed by atoms with Gasteiger partial charge in [-0.25, -0.2) is 0 Å². The fourth-order valence-corrected chi connectivity index (χ4v) is 2.53. The second-order valence-corrected chi connectivity index (χ2v) is 5.13. The molecule has 0 bridgehead atoms. The molecule has 0 aromatic heterocycles. The number of ether oxygens (including phenoxy) is 3. The second kappa shape index (κ2) is 6.67. The Labute approximate surface area is 125 Å². The van der Waals surface area contributed by atoms with Crippen LogP contribution in [0.3, 0.4) is 0 Å². The van der Waals surface area contributed by atoms with Gasteiger partial charge in [-0.15, -0.1) is 0 Å². The Morgan fingerprint density at radius 1 is 1.05 bits per heavy atom. The zero-order valence-electron chi connectivity index (χ0n) is 13.1. The summed E-state index contributed by atoms with van der Waals surface area (Å²) in [5, 5.41) is 0. The molecule has 1 aliphatic heterocycles. The molecule has 1 N–H and O–H groups in total. The third-order valence-corrected chi connectivity index (χ3v) is 3.84. The Morgan fingerprint density at radius 2 is 1.67 bits per heavy atom. The molecule has 1 aliphatic rings. The number of rotatable bonds is 4. The van der Waals surface area contributed by atoms with Gasteiger partial charge in [0.15, 0.2) is 11.5 Å². The number of hydrogen-bond acceptors (Lipinski definition) is 4. The lowest BCUT2D eigenvalue weighted by molar-refractivity contribution is -0.883. The van der Waals surface area contributed by atoms with Crippen molar-refractivity contribution in [3.05, 3.63) is 17.7 Å². The molecular formula is C15H23N2O4+. The van der Waals surface area contributed by atoms with Crippen LogP contribution in [-0.4, -0.2) is 65.4 Å². The number of piperazine rings is 1. The summed E-state index contributed by atoms with van der Waals surface area (Å²) in [6.45, 7) is 3.42. The highest BCUT2D eigenvalue weighted by Gasteiger charge is 2.27. The van der Waals surface area contributed by atoms with Crippen molar-refractivity contribution < 1.29 is 23.9 Å². The minimum absolute atomic E-state index is 0.0275. The molecule has 1 amide bonds. The Morgan fingerprint density at radius 3 is 2.19 bits per heavy atom. The SMILES string of the molecule is COc1ccc(C(=O)N2CC[NH+](C)CC2)c(OC)c1OC. The van der Waals surface area contributed by atoms with Crippen molar-refractivity contribution in [1.29, 1.82) is 0 Å². The molecular weight excluding hydrogens is 272 g/mol. The van der Waals surface area contributed by atoms with Crippen molar-refractivity contribution in [2.24, 2.45) is 0 Å². The Bertz CT molecular complexity index is 511. The van der Waals surface area contributed by atoms with Crippen molar-refractivity contribution >= 4 is 5.91 Å². The number of methoxy groups -OCH3 is 3. The minimum atomic E-state index is -0.0275. The summed E-state index contributed by atoms with van der Waals surface area (Å²) < 4.78 is 16.0. The van der Waals surface area contributed by atoms with E-state index in [1.54, 1.807) is 19.2 Å². The summed E-state index contributed by atoms with van der Waals surface area (Å²) in [7, 11) is 6.76. The summed E-state index contributed by atoms with van der Waals surface area (Å²) in [4.78, 5) is 16.0. The maximum absolute atomic E-state index is 12.7. The highest BCUT2D eigenvalue weighted by Crippen LogP contribution is 2.40. The first-order chi connectivity index (χ1) is 10.1. The molecule has 0 aliphatic carbocycles. The molecule has 6 nitrogen and oxygen atoms in total. The van der Waals surface area contributed by atoms with Crippen LogP contribution < -0.4 is 19.1 Å². The van der Waals surface area contributed by atoms with E-state index in [0.717, 1.165) is 26.2 Å². The summed E-state index contributed by atoms with van der Waals surface area (Å²) in [5.74, 6) is 1.40. The third-order valence-electron chi connectivity index (χ3n) is 3.84. The zero-order valence-corrected chi connectivity index (χ0v) is 13.1. The Balaban J connectivity index is 2.32. The van der Waals surface area contributed by atoms with E-state index in [9.17, 15) is 4.79 Å². The van der Waals surface area contributed by atoms with Gasteiger partial charge in [0.25, 0.3) is 5.91 Å². The van der Waals surface area contributed by atoms with Crippen molar-refractivity contribution in [3.8, 4) is 17.2 Å². The van der Waals surface area contributed by atoms with E-state index < -0.39 is 0 Å². The lowest BCUT2D eigenvalue weighted by Gasteiger charge is -2.30. The first kappa shape index (κ1) is 15.4. The van der Waals surface area contributed by atoms with E-state index in [-0.39, 0.29) is 5.91 Å². The van der Waals surface area contributed by atoms with Gasteiger partial charge in [-0.1, -0.05) is 0 Å². The van der Waals surface area contributed by atoms with Crippen molar-refractivity contribution in [2.45, 2.75) is 0 Å². The predicted molar refractivity (Wildman–Crippen MR) is 78.6 cm³/mol. The van der Waals surface area contributed by atoms with Crippen molar-refractivity contribution in [2.75, 3.05) is 54.6 Å². The molecule has 0 spiro atoms. The standard InChI is InChI=1S/C15H22N2O4/c1-16-7-9-17(10-8-16)15(18)11-5-6-12(19-2)14(21-4)13(11)20-3/h5-6H,7-10H2,1-4H3/p+1. The van der Waals surface area contributed by atoms with Gasteiger partial charge in [0.2, 0.25) is 5.75 Å². The molecule has 1 heterocycles. The summed E-state index contributed by atoms with van der Waals surface area (Å²) in [6.07, 6.45) is 0. The van der Waals surface area contributed by atoms with Gasteiger partial charge >= 0.3 is 0 Å². The molecule has 6 heteroatoms. The highest BCUT2D eigenvalue weighted by molar-refractivity contribution is 5.98. The number of nitrogens with zero attached hydrogens (tertiary/aromatic N) is 1. The van der Waals surface area contributed by atoms with E-state index in [1.165, 1.54) is 19.1 Å². The van der Waals surface area contributed by atoms with Crippen LogP contribution in [-0.2, 0) is 0 Å². The van der Waals surface area contributed by atoms with Gasteiger partial charge in [0.05, 0.1) is 60.1 Å². The van der Waals surface area contributed by atoms with Crippen molar-refractivity contribution in [3.63, 3.8) is 0 Å². The summed E-state index contributed by atoms with van der Waals surface area (Å²) in [6, 6.07) is 3.46. The summed E-state index contributed by atoms with van der Waals surface area (Å²) in [5.41, 5.74) is 0.509. The maximum Gasteiger partial charge on any atom is 0.258 e. The number of carbonyl (C=O) groups excluding carboxylic acids is 1. The number of hydrogen-bond donors (Lipinski definition) is 1. The second-order valence-electron chi connectivity index (χ2n) is 5.13. The van der Waals surface area contributed by atoms with E-state index in [4.69, 9.17) is 14.2 Å². The predicted octanol–water partition coefficient (Wildman–Crippen LogP) is -0.317. The Hall–Kier alpha value is -1.95. The lowest BCUT2D eigenvalue weighted by Crippen LogP contribution is -3.12. The van der Waals surface area contributed by atoms with Gasteiger partial charge in [-0.3, -0.25) is 4.79 Å². The molecule has 0 saturated carbocycles. The smallest absolute Gasteiger partial charge is 0.258 e. The number of carbonyl (C=O) groups is 1. The number of benzene rings is 1. The lowest BCUT2D eigenvalue weighted by atomic mass is 10.1. The largest absolute Gasteiger partial charge is 0.493 e. The van der Waals surface area contributed by atoms with Gasteiger partial charge in [0, 0.05) is 0 Å². The van der Waals surface area contributed by atoms with Crippen LogP contribution in [0, 0.1) is 0 Å². The molecule has 2 rings (SSSR count). The molecule has 1 saturated heterocycles. The first-order valence-electron chi connectivity index (χ1n) is 7.02. The Kier molecular flexibility index (Phi) is 4.90. The van der Waals surface area contributed by atoms with Crippen LogP contribution in [0.5, 0.6) is 17.2 Å². The number of amides is 1. The van der Waals surface area contributed by atoms with E-state index in [0.29, 0.717) is 22.8 Å². The van der Waals surface area contributed by atoms with Crippen LogP contribution in [0.2, 0.25) is 0 Å². The fourth-order valence-electron chi connectivity index (χ4n) is 2.53. The summed E-state index contributed by atoms with van der Waals surface area (Å²) >= 11 is 0. The van der Waals surface area contributed by atoms with Gasteiger partial charge in [-0.2, -0.15) is 0 Å². The number of likely N-dealkylation sites (N-methyl/N-ethyl adjacent to an activating group) is 1. The molecule has 1 fully saturated rings. The number of quaternary nitrogens is 1. The van der Waals surface area contributed by atoms with Gasteiger partial charge < -0.3 is 24.0 Å². The van der Waals surface area contributed by atoms with Crippen molar-refractivity contribution in [1.82, 2.24) is 4.90 Å². The van der Waals surface area contributed by atoms with Crippen LogP contribution in [0.1, 0.15) is 10.4 Å². The van der Waals surface area contributed by atoms with Crippen LogP contribution >= 0.6 is 0 Å². The average Bonchev–Trinajstić information content (AvgIpc) is 2.53. The highest BCUT2D eigenvalue weighted by atomic mass is 16.5. The molecule has 0 atom stereocenters. The molecule has 116 valence electrons. The van der Waals surface area contributed by atoms with Gasteiger partial charge in [0.1, 0.15) is 0 Å². The average molecular weight is 295 g/mol. The van der Waals surface area contributed by atoms with E-state index >= 15 is 0 Å². The molecule has 1 aromatic carbocycles. The van der Waals surface area contributed by atoms with E-state index in [2.05, 4.69) is 7.05 Å². The molecule has 0 unspecified atom stereocenters. The molecule has 0 radical (unpaired) electrons. The zero-order chi connectivity index (χ0) is 15.4. The molecule has 1 aromatic rings. The van der Waals surface area contributed by atoms with Crippen LogP contribution in [0.15, 0.2) is 12.1 Å². The topological polar surface area (TPSA) is 52.4 Å². The third kappa shape index (κ3) is 3.05.